The zero-order valence-electron chi connectivity index (χ0n) is 13.6. The Kier molecular flexibility index (Phi) is 4.54. The van der Waals surface area contributed by atoms with Crippen LogP contribution in [0.2, 0.25) is 0 Å². The third kappa shape index (κ3) is 3.53. The first kappa shape index (κ1) is 17.1. The van der Waals surface area contributed by atoms with Gasteiger partial charge in [-0.2, -0.15) is 0 Å². The van der Waals surface area contributed by atoms with E-state index in [1.165, 1.54) is 30.0 Å². The van der Waals surface area contributed by atoms with Crippen molar-refractivity contribution in [2.24, 2.45) is 0 Å². The van der Waals surface area contributed by atoms with Crippen LogP contribution in [-0.4, -0.2) is 52.0 Å². The predicted octanol–water partition coefficient (Wildman–Crippen LogP) is 0.379. The molecule has 1 aromatic heterocycles. The highest BCUT2D eigenvalue weighted by molar-refractivity contribution is 6.06. The molecule has 2 amide bonds. The number of aromatic amines is 1. The molecule has 0 unspecified atom stereocenters. The fourth-order valence-corrected chi connectivity index (χ4v) is 3.05. The molecule has 0 saturated carbocycles. The van der Waals surface area contributed by atoms with Crippen LogP contribution in [0, 0.1) is 5.82 Å². The molecule has 8 heteroatoms. The van der Waals surface area contributed by atoms with Crippen LogP contribution in [-0.2, 0) is 4.79 Å². The van der Waals surface area contributed by atoms with Crippen molar-refractivity contribution in [2.75, 3.05) is 13.1 Å². The average Bonchev–Trinajstić information content (AvgIpc) is 2.56. The minimum Gasteiger partial charge on any atom is -0.389 e. The Balaban J connectivity index is 1.85. The molecular weight excluding hydrogens is 329 g/mol. The zero-order valence-corrected chi connectivity index (χ0v) is 13.6. The Morgan fingerprint density at radius 1 is 1.36 bits per heavy atom. The summed E-state index contributed by atoms with van der Waals surface area (Å²) in [6.07, 6.45) is -0.520. The summed E-state index contributed by atoms with van der Waals surface area (Å²) >= 11 is 0. The van der Waals surface area contributed by atoms with E-state index >= 15 is 0 Å². The minimum absolute atomic E-state index is 0.0412. The lowest BCUT2D eigenvalue weighted by atomic mass is 10.0. The number of carbonyl (C=O) groups excluding carboxylic acids is 2. The van der Waals surface area contributed by atoms with Crippen molar-refractivity contribution >= 4 is 22.7 Å². The van der Waals surface area contributed by atoms with E-state index in [0.717, 1.165) is 6.07 Å². The van der Waals surface area contributed by atoms with E-state index in [1.807, 2.05) is 0 Å². The number of piperidine rings is 1. The van der Waals surface area contributed by atoms with E-state index in [1.54, 1.807) is 0 Å². The molecule has 1 saturated heterocycles. The second-order valence-corrected chi connectivity index (χ2v) is 6.14. The van der Waals surface area contributed by atoms with Gasteiger partial charge in [-0.1, -0.05) is 0 Å². The highest BCUT2D eigenvalue weighted by Crippen LogP contribution is 2.18. The number of nitrogens with zero attached hydrogens (tertiary/aromatic N) is 1. The molecule has 1 aromatic carbocycles. The van der Waals surface area contributed by atoms with Crippen LogP contribution < -0.4 is 10.9 Å². The molecule has 1 fully saturated rings. The number of aliphatic hydroxyl groups is 1. The van der Waals surface area contributed by atoms with Gasteiger partial charge in [-0.15, -0.1) is 0 Å². The number of nitrogens with one attached hydrogen (secondary N) is 2. The van der Waals surface area contributed by atoms with Gasteiger partial charge < -0.3 is 20.3 Å². The van der Waals surface area contributed by atoms with Gasteiger partial charge in [-0.25, -0.2) is 4.39 Å². The maximum atomic E-state index is 13.5. The number of H-pyrrole nitrogens is 1. The van der Waals surface area contributed by atoms with E-state index in [0.29, 0.717) is 18.5 Å². The van der Waals surface area contributed by atoms with Crippen LogP contribution in [0.1, 0.15) is 23.7 Å². The summed E-state index contributed by atoms with van der Waals surface area (Å²) in [7, 11) is 0. The Morgan fingerprint density at radius 3 is 2.80 bits per heavy atom. The summed E-state index contributed by atoms with van der Waals surface area (Å²) in [4.78, 5) is 39.7. The summed E-state index contributed by atoms with van der Waals surface area (Å²) in [5.41, 5.74) is -0.0818. The van der Waals surface area contributed by atoms with Crippen molar-refractivity contribution in [3.05, 3.63) is 46.0 Å². The molecule has 3 rings (SSSR count). The van der Waals surface area contributed by atoms with Crippen LogP contribution in [0.15, 0.2) is 29.1 Å². The summed E-state index contributed by atoms with van der Waals surface area (Å²) in [5.74, 6) is -1.23. The Morgan fingerprint density at radius 2 is 2.12 bits per heavy atom. The number of aromatic nitrogens is 1. The lowest BCUT2D eigenvalue weighted by Gasteiger charge is -2.35. The van der Waals surface area contributed by atoms with E-state index in [-0.39, 0.29) is 23.4 Å². The van der Waals surface area contributed by atoms with E-state index in [2.05, 4.69) is 10.3 Å². The van der Waals surface area contributed by atoms with Crippen molar-refractivity contribution in [3.8, 4) is 0 Å². The molecule has 132 valence electrons. The Labute approximate surface area is 142 Å². The molecule has 2 heterocycles. The van der Waals surface area contributed by atoms with Gasteiger partial charge >= 0.3 is 0 Å². The van der Waals surface area contributed by atoms with E-state index in [4.69, 9.17) is 0 Å². The summed E-state index contributed by atoms with van der Waals surface area (Å²) in [5, 5.41) is 13.1. The summed E-state index contributed by atoms with van der Waals surface area (Å²) in [6, 6.07) is 4.32. The smallest absolute Gasteiger partial charge is 0.252 e. The maximum Gasteiger partial charge on any atom is 0.252 e. The minimum atomic E-state index is -0.911. The fourth-order valence-electron chi connectivity index (χ4n) is 3.05. The zero-order chi connectivity index (χ0) is 18.1. The van der Waals surface area contributed by atoms with Crippen LogP contribution in [0.25, 0.3) is 10.9 Å². The van der Waals surface area contributed by atoms with Gasteiger partial charge in [0.05, 0.1) is 17.7 Å². The number of hydrogen-bond donors (Lipinski definition) is 3. The molecule has 3 N–H and O–H groups in total. The van der Waals surface area contributed by atoms with Crippen molar-refractivity contribution in [1.29, 1.82) is 0 Å². The van der Waals surface area contributed by atoms with Crippen LogP contribution in [0.5, 0.6) is 0 Å². The van der Waals surface area contributed by atoms with Crippen LogP contribution >= 0.6 is 0 Å². The molecule has 7 nitrogen and oxygen atoms in total. The number of aliphatic hydroxyl groups excluding tert-OH is 1. The molecule has 1 aliphatic rings. The molecule has 2 aromatic rings. The fraction of sp³-hybridized carbons (Fsp3) is 0.353. The van der Waals surface area contributed by atoms with E-state index in [9.17, 15) is 23.9 Å². The van der Waals surface area contributed by atoms with E-state index < -0.39 is 29.4 Å². The summed E-state index contributed by atoms with van der Waals surface area (Å²) < 4.78 is 13.5. The van der Waals surface area contributed by atoms with Crippen LogP contribution in [0.4, 0.5) is 4.39 Å². The molecule has 2 atom stereocenters. The van der Waals surface area contributed by atoms with Gasteiger partial charge in [0.2, 0.25) is 11.5 Å². The standard InChI is InChI=1S/C17H18FN3O4/c1-9(22)21-5-4-14(15(23)8-21)20-17(25)12-7-16(24)19-13-3-2-10(18)6-11(12)13/h2-3,6-7,14-15,23H,4-5,8H2,1H3,(H,19,24)(H,20,25)/t14-,15-/m1/s1. The van der Waals surface area contributed by atoms with Crippen molar-refractivity contribution in [2.45, 2.75) is 25.5 Å². The highest BCUT2D eigenvalue weighted by atomic mass is 19.1. The first-order valence-electron chi connectivity index (χ1n) is 7.92. The van der Waals surface area contributed by atoms with Crippen molar-refractivity contribution in [1.82, 2.24) is 15.2 Å². The largest absolute Gasteiger partial charge is 0.389 e. The lowest BCUT2D eigenvalue weighted by Crippen LogP contribution is -2.55. The second-order valence-electron chi connectivity index (χ2n) is 6.14. The number of rotatable bonds is 2. The number of likely N-dealkylation sites (tertiary alicyclic amines) is 1. The molecule has 0 spiro atoms. The number of benzene rings is 1. The Bertz CT molecular complexity index is 895. The number of fused-ring (bicyclic) bond motifs is 1. The van der Waals surface area contributed by atoms with Gasteiger partial charge in [0.15, 0.2) is 0 Å². The number of pyridine rings is 1. The van der Waals surface area contributed by atoms with Gasteiger partial charge in [0, 0.05) is 37.0 Å². The topological polar surface area (TPSA) is 103 Å². The number of amides is 2. The number of β-amino-alcohol motifs (C(OH)–C–C–N with tert-alkyl or cyclic N) is 1. The normalized spacial score (nSPS) is 20.5. The van der Waals surface area contributed by atoms with Crippen LogP contribution in [0.3, 0.4) is 0 Å². The first-order valence-corrected chi connectivity index (χ1v) is 7.92. The third-order valence-electron chi connectivity index (χ3n) is 4.39. The van der Waals surface area contributed by atoms with Gasteiger partial charge in [-0.3, -0.25) is 14.4 Å². The second kappa shape index (κ2) is 6.64. The van der Waals surface area contributed by atoms with Crippen molar-refractivity contribution < 1.29 is 19.1 Å². The van der Waals surface area contributed by atoms with Gasteiger partial charge in [0.1, 0.15) is 5.82 Å². The molecular formula is C17H18FN3O4. The molecule has 0 aliphatic carbocycles. The molecule has 0 bridgehead atoms. The molecule has 1 aliphatic heterocycles. The molecule has 0 radical (unpaired) electrons. The van der Waals surface area contributed by atoms with Crippen molar-refractivity contribution in [3.63, 3.8) is 0 Å². The van der Waals surface area contributed by atoms with Gasteiger partial charge in [-0.05, 0) is 24.6 Å². The predicted molar refractivity (Wildman–Crippen MR) is 88.7 cm³/mol. The third-order valence-corrected chi connectivity index (χ3v) is 4.39. The number of hydrogen-bond acceptors (Lipinski definition) is 4. The number of halogens is 1. The highest BCUT2D eigenvalue weighted by Gasteiger charge is 2.30. The Hall–Kier alpha value is -2.74. The summed E-state index contributed by atoms with van der Waals surface area (Å²) in [6.45, 7) is 1.97. The molecule has 25 heavy (non-hydrogen) atoms. The number of carbonyl (C=O) groups is 2. The quantitative estimate of drug-likeness (QED) is 0.731. The average molecular weight is 347 g/mol. The van der Waals surface area contributed by atoms with Gasteiger partial charge in [0.25, 0.3) is 5.91 Å². The first-order chi connectivity index (χ1) is 11.8. The maximum absolute atomic E-state index is 13.5. The lowest BCUT2D eigenvalue weighted by molar-refractivity contribution is -0.132. The SMILES string of the molecule is CC(=O)N1CC[C@@H](NC(=O)c2cc(=O)[nH]c3ccc(F)cc23)[C@H](O)C1. The monoisotopic (exact) mass is 347 g/mol.